The Morgan fingerprint density at radius 2 is 1.95 bits per heavy atom. The van der Waals surface area contributed by atoms with Crippen LogP contribution in [0.25, 0.3) is 0 Å². The fourth-order valence-corrected chi connectivity index (χ4v) is 4.69. The summed E-state index contributed by atoms with van der Waals surface area (Å²) in [5.74, 6) is -0.253. The van der Waals surface area contributed by atoms with Crippen molar-refractivity contribution in [2.45, 2.75) is 23.3 Å². The minimum Gasteiger partial charge on any atom is -0.340 e. The second kappa shape index (κ2) is 4.70. The van der Waals surface area contributed by atoms with Crippen molar-refractivity contribution < 1.29 is 18.0 Å². The van der Waals surface area contributed by atoms with Crippen molar-refractivity contribution in [3.05, 3.63) is 35.4 Å². The van der Waals surface area contributed by atoms with Gasteiger partial charge in [-0.25, -0.2) is 8.42 Å². The van der Waals surface area contributed by atoms with E-state index in [1.807, 2.05) is 12.1 Å². The van der Waals surface area contributed by atoms with E-state index < -0.39 is 15.1 Å². The van der Waals surface area contributed by atoms with Crippen molar-refractivity contribution in [2.24, 2.45) is 0 Å². The van der Waals surface area contributed by atoms with Crippen LogP contribution >= 0.6 is 0 Å². The molecular weight excluding hydrogens is 278 g/mol. The topological polar surface area (TPSA) is 71.5 Å². The zero-order valence-electron chi connectivity index (χ0n) is 10.9. The summed E-state index contributed by atoms with van der Waals surface area (Å²) in [6.07, 6.45) is 1.95. The van der Waals surface area contributed by atoms with Crippen LogP contribution in [0.1, 0.15) is 22.3 Å². The molecule has 0 radical (unpaired) electrons. The summed E-state index contributed by atoms with van der Waals surface area (Å²) in [5.41, 5.74) is 1.65. The third-order valence-corrected chi connectivity index (χ3v) is 6.59. The van der Waals surface area contributed by atoms with E-state index in [2.05, 4.69) is 0 Å². The first-order valence-electron chi connectivity index (χ1n) is 6.58. The van der Waals surface area contributed by atoms with E-state index in [0.29, 0.717) is 31.5 Å². The van der Waals surface area contributed by atoms with Gasteiger partial charge in [0.05, 0.1) is 5.25 Å². The summed E-state index contributed by atoms with van der Waals surface area (Å²) >= 11 is 0. The number of aldehydes is 1. The summed E-state index contributed by atoms with van der Waals surface area (Å²) < 4.78 is 23.3. The van der Waals surface area contributed by atoms with Gasteiger partial charge in [-0.15, -0.1) is 0 Å². The van der Waals surface area contributed by atoms with Gasteiger partial charge in [-0.05, 0) is 18.4 Å². The number of hydrogen-bond donors (Lipinski definition) is 0. The Hall–Kier alpha value is -1.69. The molecule has 3 aliphatic rings. The normalized spacial score (nSPS) is 27.0. The van der Waals surface area contributed by atoms with Gasteiger partial charge in [0.25, 0.3) is 0 Å². The summed E-state index contributed by atoms with van der Waals surface area (Å²) in [4.78, 5) is 24.2. The van der Waals surface area contributed by atoms with Gasteiger partial charge in [0, 0.05) is 18.7 Å². The minimum absolute atomic E-state index is 0.253. The first-order chi connectivity index (χ1) is 9.52. The highest BCUT2D eigenvalue weighted by molar-refractivity contribution is 7.95. The lowest BCUT2D eigenvalue weighted by Gasteiger charge is -2.45. The molecule has 3 fully saturated rings. The maximum absolute atomic E-state index is 12.0. The van der Waals surface area contributed by atoms with Crippen LogP contribution in [0, 0.1) is 0 Å². The lowest BCUT2D eigenvalue weighted by atomic mass is 10.1. The minimum atomic E-state index is -3.17. The summed E-state index contributed by atoms with van der Waals surface area (Å²) in [5, 5.41) is -1.15. The highest BCUT2D eigenvalue weighted by atomic mass is 32.2. The average Bonchev–Trinajstić information content (AvgIpc) is 2.46. The largest absolute Gasteiger partial charge is 0.340 e. The Morgan fingerprint density at radius 1 is 1.25 bits per heavy atom. The Balaban J connectivity index is 1.62. The number of nitrogens with zero attached hydrogens (tertiary/aromatic N) is 1. The second-order valence-electron chi connectivity index (χ2n) is 5.33. The lowest BCUT2D eigenvalue weighted by Crippen LogP contribution is -2.65. The first-order valence-corrected chi connectivity index (χ1v) is 8.19. The molecule has 3 saturated heterocycles. The Morgan fingerprint density at radius 3 is 2.50 bits per heavy atom. The lowest BCUT2D eigenvalue weighted by molar-refractivity contribution is -0.133. The molecule has 2 atom stereocenters. The Kier molecular flexibility index (Phi) is 3.12. The van der Waals surface area contributed by atoms with Crippen molar-refractivity contribution >= 4 is 22.0 Å². The van der Waals surface area contributed by atoms with E-state index >= 15 is 0 Å². The van der Waals surface area contributed by atoms with Crippen LogP contribution in [-0.2, 0) is 21.1 Å². The van der Waals surface area contributed by atoms with Crippen molar-refractivity contribution in [3.8, 4) is 0 Å². The predicted octanol–water partition coefficient (Wildman–Crippen LogP) is 0.440. The zero-order chi connectivity index (χ0) is 14.3. The first kappa shape index (κ1) is 13.3. The van der Waals surface area contributed by atoms with Gasteiger partial charge < -0.3 is 4.90 Å². The number of piperidine rings is 1. The number of carbonyl (C=O) groups excluding carboxylic acids is 2. The van der Waals surface area contributed by atoms with Gasteiger partial charge in [0.1, 0.15) is 11.5 Å². The molecule has 3 aliphatic heterocycles. The third kappa shape index (κ3) is 2.04. The van der Waals surface area contributed by atoms with Gasteiger partial charge in [-0.1, -0.05) is 24.3 Å². The van der Waals surface area contributed by atoms with E-state index in [0.717, 1.165) is 11.8 Å². The molecule has 1 amide bonds. The summed E-state index contributed by atoms with van der Waals surface area (Å²) in [7, 11) is -3.17. The number of carbonyl (C=O) groups is 2. The van der Waals surface area contributed by atoms with Crippen LogP contribution in [0.3, 0.4) is 0 Å². The molecule has 2 unspecified atom stereocenters. The van der Waals surface area contributed by atoms with Crippen LogP contribution < -0.4 is 0 Å². The van der Waals surface area contributed by atoms with Crippen molar-refractivity contribution in [2.75, 3.05) is 13.1 Å². The number of benzene rings is 1. The molecule has 0 aliphatic carbocycles. The van der Waals surface area contributed by atoms with Crippen molar-refractivity contribution in [1.29, 1.82) is 0 Å². The van der Waals surface area contributed by atoms with E-state index in [9.17, 15) is 18.0 Å². The molecule has 2 bridgehead atoms. The Bertz CT molecular complexity index is 650. The molecule has 0 N–H and O–H groups in total. The molecule has 0 aromatic heterocycles. The average molecular weight is 293 g/mol. The van der Waals surface area contributed by atoms with Crippen LogP contribution in [0.15, 0.2) is 24.3 Å². The summed E-state index contributed by atoms with van der Waals surface area (Å²) in [6.45, 7) is 0.853. The van der Waals surface area contributed by atoms with Gasteiger partial charge >= 0.3 is 0 Å². The van der Waals surface area contributed by atoms with Gasteiger partial charge in [-0.3, -0.25) is 9.59 Å². The molecule has 0 saturated carbocycles. The van der Waals surface area contributed by atoms with Gasteiger partial charge in [0.2, 0.25) is 5.91 Å². The third-order valence-electron chi connectivity index (χ3n) is 4.14. The maximum Gasteiger partial charge on any atom is 0.241 e. The van der Waals surface area contributed by atoms with Crippen LogP contribution in [0.2, 0.25) is 0 Å². The van der Waals surface area contributed by atoms with Gasteiger partial charge in [-0.2, -0.15) is 0 Å². The van der Waals surface area contributed by atoms with E-state index in [1.165, 1.54) is 0 Å². The molecule has 0 spiro atoms. The smallest absolute Gasteiger partial charge is 0.241 e. The standard InChI is InChI=1S/C14H15NO4S/c16-9-11-3-1-10(2-4-11)5-6-15-8-12-7-13(14(15)17)20(12,18)19/h1-4,9,12-13H,5-8H2. The van der Waals surface area contributed by atoms with E-state index in [1.54, 1.807) is 17.0 Å². The molecule has 1 aromatic carbocycles. The van der Waals surface area contributed by atoms with Crippen molar-refractivity contribution in [3.63, 3.8) is 0 Å². The number of sulfone groups is 1. The monoisotopic (exact) mass is 293 g/mol. The van der Waals surface area contributed by atoms with Crippen molar-refractivity contribution in [1.82, 2.24) is 4.90 Å². The molecule has 5 nitrogen and oxygen atoms in total. The molecule has 3 heterocycles. The highest BCUT2D eigenvalue weighted by Gasteiger charge is 2.56. The second-order valence-corrected chi connectivity index (χ2v) is 7.74. The van der Waals surface area contributed by atoms with E-state index in [-0.39, 0.29) is 11.2 Å². The molecule has 106 valence electrons. The van der Waals surface area contributed by atoms with Gasteiger partial charge in [0.15, 0.2) is 9.84 Å². The molecule has 20 heavy (non-hydrogen) atoms. The number of amides is 1. The summed E-state index contributed by atoms with van der Waals surface area (Å²) in [6, 6.07) is 7.19. The quantitative estimate of drug-likeness (QED) is 0.755. The van der Waals surface area contributed by atoms with Crippen LogP contribution in [0.4, 0.5) is 0 Å². The maximum atomic E-state index is 12.0. The highest BCUT2D eigenvalue weighted by Crippen LogP contribution is 2.36. The number of fused-ring (bicyclic) bond motifs is 2. The van der Waals surface area contributed by atoms with Crippen LogP contribution in [0.5, 0.6) is 0 Å². The fraction of sp³-hybridized carbons (Fsp3) is 0.429. The Labute approximate surface area is 117 Å². The molecule has 4 rings (SSSR count). The molecule has 6 heteroatoms. The molecule has 1 aromatic rings. The van der Waals surface area contributed by atoms with E-state index in [4.69, 9.17) is 0 Å². The number of hydrogen-bond acceptors (Lipinski definition) is 4. The van der Waals surface area contributed by atoms with Crippen LogP contribution in [-0.4, -0.2) is 49.1 Å². The predicted molar refractivity (Wildman–Crippen MR) is 73.2 cm³/mol. The number of rotatable bonds is 4. The molecular formula is C14H15NO4S. The fourth-order valence-electron chi connectivity index (χ4n) is 2.80. The SMILES string of the molecule is O=Cc1ccc(CCN2CC3CC(C2=O)S3(=O)=O)cc1. The zero-order valence-corrected chi connectivity index (χ0v) is 11.7.